The van der Waals surface area contributed by atoms with Crippen LogP contribution in [0.2, 0.25) is 0 Å². The summed E-state index contributed by atoms with van der Waals surface area (Å²) in [5, 5.41) is 4.87. The monoisotopic (exact) mass is 664 g/mol. The van der Waals surface area contributed by atoms with Gasteiger partial charge in [-0.05, 0) is 111 Å². The van der Waals surface area contributed by atoms with Gasteiger partial charge in [0.15, 0.2) is 0 Å². The van der Waals surface area contributed by atoms with E-state index in [2.05, 4.69) is 228 Å². The average Bonchev–Trinajstić information content (AvgIpc) is 3.22. The fourth-order valence-corrected chi connectivity index (χ4v) is 7.24. The average molecular weight is 665 g/mol. The van der Waals surface area contributed by atoms with Gasteiger partial charge in [-0.3, -0.25) is 0 Å². The van der Waals surface area contributed by atoms with Gasteiger partial charge in [0.1, 0.15) is 0 Å². The van der Waals surface area contributed by atoms with Crippen LogP contribution in [0.15, 0.2) is 218 Å². The van der Waals surface area contributed by atoms with E-state index < -0.39 is 0 Å². The van der Waals surface area contributed by atoms with Crippen LogP contribution < -0.4 is 9.80 Å². The second-order valence-electron chi connectivity index (χ2n) is 13.1. The van der Waals surface area contributed by atoms with Crippen molar-refractivity contribution in [2.75, 3.05) is 9.80 Å². The van der Waals surface area contributed by atoms with Crippen molar-refractivity contribution in [3.8, 4) is 22.3 Å². The SMILES string of the molecule is c1ccc(-c2ccc(N(c3ccccc3)c3cccc(N(c4ccccc4)c4cc(-c5ccc6ccccc6c5)cc5ccccc45)c3)cc2)cc1. The molecule has 0 saturated carbocycles. The minimum absolute atomic E-state index is 1.08. The van der Waals surface area contributed by atoms with Crippen molar-refractivity contribution < 1.29 is 0 Å². The molecule has 0 saturated heterocycles. The van der Waals surface area contributed by atoms with Crippen LogP contribution in [0.25, 0.3) is 43.8 Å². The Morgan fingerprint density at radius 2 is 0.712 bits per heavy atom. The first-order chi connectivity index (χ1) is 25.8. The van der Waals surface area contributed by atoms with E-state index >= 15 is 0 Å². The number of benzene rings is 9. The van der Waals surface area contributed by atoms with Crippen molar-refractivity contribution in [1.29, 1.82) is 0 Å². The van der Waals surface area contributed by atoms with Gasteiger partial charge in [0.2, 0.25) is 0 Å². The third kappa shape index (κ3) is 6.08. The number of para-hydroxylation sites is 2. The van der Waals surface area contributed by atoms with Gasteiger partial charge in [-0.1, -0.05) is 146 Å². The maximum atomic E-state index is 2.40. The molecule has 0 N–H and O–H groups in total. The third-order valence-corrected chi connectivity index (χ3v) is 9.77. The quantitative estimate of drug-likeness (QED) is 0.159. The summed E-state index contributed by atoms with van der Waals surface area (Å²) < 4.78 is 0. The minimum atomic E-state index is 1.08. The van der Waals surface area contributed by atoms with Crippen molar-refractivity contribution in [2.24, 2.45) is 0 Å². The Morgan fingerprint density at radius 3 is 1.42 bits per heavy atom. The summed E-state index contributed by atoms with van der Waals surface area (Å²) in [7, 11) is 0. The topological polar surface area (TPSA) is 6.48 Å². The summed E-state index contributed by atoms with van der Waals surface area (Å²) in [5.41, 5.74) is 11.3. The lowest BCUT2D eigenvalue weighted by Gasteiger charge is -2.30. The van der Waals surface area contributed by atoms with E-state index in [0.717, 1.165) is 34.1 Å². The number of fused-ring (bicyclic) bond motifs is 2. The van der Waals surface area contributed by atoms with Gasteiger partial charge in [0.05, 0.1) is 5.69 Å². The van der Waals surface area contributed by atoms with Crippen molar-refractivity contribution in [3.63, 3.8) is 0 Å². The Bertz CT molecular complexity index is 2610. The number of hydrogen-bond donors (Lipinski definition) is 0. The van der Waals surface area contributed by atoms with E-state index in [-0.39, 0.29) is 0 Å². The molecule has 0 amide bonds. The van der Waals surface area contributed by atoms with E-state index in [9.17, 15) is 0 Å². The summed E-state index contributed by atoms with van der Waals surface area (Å²) in [4.78, 5) is 4.74. The Balaban J connectivity index is 1.21. The van der Waals surface area contributed by atoms with Gasteiger partial charge in [0, 0.05) is 33.8 Å². The number of rotatable bonds is 8. The third-order valence-electron chi connectivity index (χ3n) is 9.77. The predicted octanol–water partition coefficient (Wildman–Crippen LogP) is 14.3. The molecule has 0 bridgehead atoms. The molecule has 0 atom stereocenters. The van der Waals surface area contributed by atoms with Gasteiger partial charge in [-0.15, -0.1) is 0 Å². The molecule has 0 spiro atoms. The summed E-state index contributed by atoms with van der Waals surface area (Å²) in [6, 6.07) is 78.4. The van der Waals surface area contributed by atoms with Crippen molar-refractivity contribution >= 4 is 55.7 Å². The summed E-state index contributed by atoms with van der Waals surface area (Å²) in [6.45, 7) is 0. The maximum absolute atomic E-state index is 2.40. The van der Waals surface area contributed by atoms with E-state index in [1.54, 1.807) is 0 Å². The first-order valence-corrected chi connectivity index (χ1v) is 17.8. The second-order valence-corrected chi connectivity index (χ2v) is 13.1. The zero-order valence-corrected chi connectivity index (χ0v) is 28.7. The van der Waals surface area contributed by atoms with Crippen LogP contribution in [0.5, 0.6) is 0 Å². The predicted molar refractivity (Wildman–Crippen MR) is 222 cm³/mol. The molecule has 9 aromatic carbocycles. The Kier molecular flexibility index (Phi) is 8.24. The first kappa shape index (κ1) is 31.1. The Labute approximate surface area is 305 Å². The van der Waals surface area contributed by atoms with Crippen LogP contribution >= 0.6 is 0 Å². The highest BCUT2D eigenvalue weighted by atomic mass is 15.2. The van der Waals surface area contributed by atoms with Crippen molar-refractivity contribution in [2.45, 2.75) is 0 Å². The van der Waals surface area contributed by atoms with Crippen LogP contribution in [0, 0.1) is 0 Å². The normalized spacial score (nSPS) is 11.1. The standard InChI is InChI=1S/C50H36N2/c1-4-15-37(16-5-1)39-29-31-46(32-30-39)51(44-20-6-2-7-21-44)47-24-14-25-48(36-47)52(45-22-8-3-9-23-45)50-35-43(34-42-19-12-13-26-49(42)50)41-28-27-38-17-10-11-18-40(38)33-41/h1-36H. The van der Waals surface area contributed by atoms with Gasteiger partial charge < -0.3 is 9.80 Å². The Hall–Kier alpha value is -6.90. The molecule has 0 aliphatic rings. The zero-order valence-electron chi connectivity index (χ0n) is 28.7. The minimum Gasteiger partial charge on any atom is -0.310 e. The van der Waals surface area contributed by atoms with Crippen LogP contribution in [0.1, 0.15) is 0 Å². The maximum Gasteiger partial charge on any atom is 0.0546 e. The first-order valence-electron chi connectivity index (χ1n) is 17.8. The van der Waals surface area contributed by atoms with E-state index in [1.165, 1.54) is 43.8 Å². The van der Waals surface area contributed by atoms with Crippen LogP contribution in [0.4, 0.5) is 34.1 Å². The van der Waals surface area contributed by atoms with E-state index in [1.807, 2.05) is 0 Å². The molecule has 0 aliphatic heterocycles. The fraction of sp³-hybridized carbons (Fsp3) is 0. The van der Waals surface area contributed by atoms with Crippen LogP contribution in [-0.2, 0) is 0 Å². The summed E-state index contributed by atoms with van der Waals surface area (Å²) >= 11 is 0. The Morgan fingerprint density at radius 1 is 0.231 bits per heavy atom. The molecule has 0 radical (unpaired) electrons. The lowest BCUT2D eigenvalue weighted by Crippen LogP contribution is -2.13. The van der Waals surface area contributed by atoms with Crippen LogP contribution in [-0.4, -0.2) is 0 Å². The molecule has 2 heteroatoms. The molecule has 0 aromatic heterocycles. The lowest BCUT2D eigenvalue weighted by molar-refractivity contribution is 1.25. The molecule has 0 aliphatic carbocycles. The molecule has 246 valence electrons. The largest absolute Gasteiger partial charge is 0.310 e. The van der Waals surface area contributed by atoms with Gasteiger partial charge in [-0.2, -0.15) is 0 Å². The highest BCUT2D eigenvalue weighted by Gasteiger charge is 2.20. The fourth-order valence-electron chi connectivity index (χ4n) is 7.24. The zero-order chi connectivity index (χ0) is 34.7. The second kappa shape index (κ2) is 13.8. The van der Waals surface area contributed by atoms with E-state index in [4.69, 9.17) is 0 Å². The summed E-state index contributed by atoms with van der Waals surface area (Å²) in [6.07, 6.45) is 0. The highest BCUT2D eigenvalue weighted by molar-refractivity contribution is 6.03. The number of nitrogens with zero attached hydrogens (tertiary/aromatic N) is 2. The molecular weight excluding hydrogens is 629 g/mol. The molecular formula is C50H36N2. The molecule has 52 heavy (non-hydrogen) atoms. The molecule has 0 heterocycles. The highest BCUT2D eigenvalue weighted by Crippen LogP contribution is 2.44. The molecule has 9 rings (SSSR count). The van der Waals surface area contributed by atoms with Crippen molar-refractivity contribution in [1.82, 2.24) is 0 Å². The molecule has 9 aromatic rings. The van der Waals surface area contributed by atoms with Crippen LogP contribution in [0.3, 0.4) is 0 Å². The summed E-state index contributed by atoms with van der Waals surface area (Å²) in [5.74, 6) is 0. The van der Waals surface area contributed by atoms with Gasteiger partial charge in [0.25, 0.3) is 0 Å². The van der Waals surface area contributed by atoms with Gasteiger partial charge in [-0.25, -0.2) is 0 Å². The number of hydrogen-bond acceptors (Lipinski definition) is 2. The molecule has 0 unspecified atom stereocenters. The smallest absolute Gasteiger partial charge is 0.0546 e. The molecule has 2 nitrogen and oxygen atoms in total. The van der Waals surface area contributed by atoms with E-state index in [0.29, 0.717) is 0 Å². The van der Waals surface area contributed by atoms with Gasteiger partial charge >= 0.3 is 0 Å². The van der Waals surface area contributed by atoms with Crippen molar-refractivity contribution in [3.05, 3.63) is 218 Å². The number of anilines is 6. The molecule has 0 fully saturated rings. The lowest BCUT2D eigenvalue weighted by atomic mass is 9.96.